The number of hydrogen-bond acceptors (Lipinski definition) is 3. The van der Waals surface area contributed by atoms with Gasteiger partial charge in [0, 0.05) is 11.1 Å². The van der Waals surface area contributed by atoms with Gasteiger partial charge >= 0.3 is 0 Å². The molecule has 0 saturated heterocycles. The molecule has 0 spiro atoms. The van der Waals surface area contributed by atoms with Gasteiger partial charge < -0.3 is 9.47 Å². The summed E-state index contributed by atoms with van der Waals surface area (Å²) in [5, 5.41) is 0. The molecule has 3 nitrogen and oxygen atoms in total. The van der Waals surface area contributed by atoms with Crippen LogP contribution in [0.5, 0.6) is 23.0 Å². The molecule has 0 fully saturated rings. The van der Waals surface area contributed by atoms with Crippen molar-refractivity contribution in [2.75, 3.05) is 0 Å². The van der Waals surface area contributed by atoms with E-state index in [1.165, 1.54) is 0 Å². The summed E-state index contributed by atoms with van der Waals surface area (Å²) in [5.74, 6) is 2.88. The van der Waals surface area contributed by atoms with Crippen molar-refractivity contribution in [2.24, 2.45) is 0 Å². The van der Waals surface area contributed by atoms with E-state index >= 15 is 0 Å². The van der Waals surface area contributed by atoms with Gasteiger partial charge in [0.1, 0.15) is 0 Å². The van der Waals surface area contributed by atoms with Crippen molar-refractivity contribution in [3.8, 4) is 56.6 Å². The van der Waals surface area contributed by atoms with Gasteiger partial charge in [-0.05, 0) is 47.5 Å². The Kier molecular flexibility index (Phi) is 4.43. The lowest BCUT2D eigenvalue weighted by Gasteiger charge is -2.21. The van der Waals surface area contributed by atoms with Gasteiger partial charge in [0.15, 0.2) is 23.0 Å². The molecule has 1 aliphatic heterocycles. The smallest absolute Gasteiger partial charge is 0.170 e. The highest BCUT2D eigenvalue weighted by atomic mass is 16.6. The van der Waals surface area contributed by atoms with Crippen LogP contribution in [0.15, 0.2) is 115 Å². The fourth-order valence-electron chi connectivity index (χ4n) is 3.92. The molecule has 1 aliphatic rings. The predicted molar refractivity (Wildman–Crippen MR) is 127 cm³/mol. The molecule has 1 aromatic heterocycles. The normalized spacial score (nSPS) is 11.6. The number of rotatable bonds is 3. The molecular formula is C29H19NO2. The molecule has 0 atom stereocenters. The second kappa shape index (κ2) is 7.71. The predicted octanol–water partition coefficient (Wildman–Crippen LogP) is 7.98. The number of para-hydroxylation sites is 2. The summed E-state index contributed by atoms with van der Waals surface area (Å²) >= 11 is 0. The minimum absolute atomic E-state index is 0.709. The molecule has 6 rings (SSSR count). The number of benzene rings is 4. The maximum atomic E-state index is 6.13. The average Bonchev–Trinajstić information content (AvgIpc) is 2.88. The van der Waals surface area contributed by atoms with Crippen LogP contribution in [0.4, 0.5) is 0 Å². The van der Waals surface area contributed by atoms with Crippen molar-refractivity contribution < 1.29 is 9.47 Å². The first-order valence-electron chi connectivity index (χ1n) is 10.6. The minimum atomic E-state index is 0.709. The highest BCUT2D eigenvalue weighted by molar-refractivity contribution is 5.78. The molecule has 2 heterocycles. The Bertz CT molecular complexity index is 1350. The van der Waals surface area contributed by atoms with E-state index in [1.54, 1.807) is 0 Å². The molecule has 0 amide bonds. The Labute approximate surface area is 186 Å². The van der Waals surface area contributed by atoms with E-state index in [1.807, 2.05) is 72.8 Å². The van der Waals surface area contributed by atoms with E-state index in [0.717, 1.165) is 45.1 Å². The summed E-state index contributed by atoms with van der Waals surface area (Å²) < 4.78 is 12.1. The summed E-state index contributed by atoms with van der Waals surface area (Å²) in [4.78, 5) is 4.96. The van der Waals surface area contributed by atoms with Gasteiger partial charge in [-0.1, -0.05) is 78.9 Å². The lowest BCUT2D eigenvalue weighted by molar-refractivity contribution is 0.360. The first-order chi connectivity index (χ1) is 15.8. The summed E-state index contributed by atoms with van der Waals surface area (Å²) in [7, 11) is 0. The van der Waals surface area contributed by atoms with Gasteiger partial charge in [0.05, 0.1) is 11.4 Å². The van der Waals surface area contributed by atoms with Gasteiger partial charge in [-0.15, -0.1) is 0 Å². The first-order valence-corrected chi connectivity index (χ1v) is 10.6. The minimum Gasteiger partial charge on any atom is -0.450 e. The molecule has 5 aromatic rings. The van der Waals surface area contributed by atoms with Crippen LogP contribution in [0.2, 0.25) is 0 Å². The first kappa shape index (κ1) is 18.4. The SMILES string of the molecule is c1ccc(-c2cc(-c3ccc4c(c3)Oc3ccccc3O4)cc(-c3ccccc3)n2)cc1. The third kappa shape index (κ3) is 3.40. The number of ether oxygens (including phenoxy) is 2. The van der Waals surface area contributed by atoms with Crippen molar-refractivity contribution in [1.29, 1.82) is 0 Å². The van der Waals surface area contributed by atoms with Gasteiger partial charge in [-0.3, -0.25) is 0 Å². The van der Waals surface area contributed by atoms with Crippen LogP contribution in [0.3, 0.4) is 0 Å². The molecule has 0 radical (unpaired) electrons. The van der Waals surface area contributed by atoms with E-state index in [2.05, 4.69) is 42.5 Å². The Morgan fingerprint density at radius 1 is 0.375 bits per heavy atom. The Morgan fingerprint density at radius 2 is 0.875 bits per heavy atom. The van der Waals surface area contributed by atoms with Gasteiger partial charge in [-0.2, -0.15) is 0 Å². The lowest BCUT2D eigenvalue weighted by Crippen LogP contribution is -1.99. The van der Waals surface area contributed by atoms with Crippen LogP contribution >= 0.6 is 0 Å². The maximum absolute atomic E-state index is 6.13. The quantitative estimate of drug-likeness (QED) is 0.295. The van der Waals surface area contributed by atoms with Crippen molar-refractivity contribution in [3.63, 3.8) is 0 Å². The molecule has 0 saturated carbocycles. The van der Waals surface area contributed by atoms with Crippen molar-refractivity contribution in [2.45, 2.75) is 0 Å². The zero-order valence-electron chi connectivity index (χ0n) is 17.2. The second-order valence-electron chi connectivity index (χ2n) is 7.67. The van der Waals surface area contributed by atoms with E-state index < -0.39 is 0 Å². The molecule has 0 aliphatic carbocycles. The fourth-order valence-corrected chi connectivity index (χ4v) is 3.92. The summed E-state index contributed by atoms with van der Waals surface area (Å²) in [6, 6.07) is 38.5. The largest absolute Gasteiger partial charge is 0.450 e. The zero-order valence-corrected chi connectivity index (χ0v) is 17.2. The van der Waals surface area contributed by atoms with Crippen LogP contribution in [-0.2, 0) is 0 Å². The number of pyridine rings is 1. The lowest BCUT2D eigenvalue weighted by atomic mass is 9.99. The number of nitrogens with zero attached hydrogens (tertiary/aromatic N) is 1. The molecule has 0 N–H and O–H groups in total. The molecule has 152 valence electrons. The van der Waals surface area contributed by atoms with Crippen LogP contribution in [0, 0.1) is 0 Å². The maximum Gasteiger partial charge on any atom is 0.170 e. The average molecular weight is 413 g/mol. The molecular weight excluding hydrogens is 394 g/mol. The van der Waals surface area contributed by atoms with Crippen molar-refractivity contribution in [1.82, 2.24) is 4.98 Å². The third-order valence-electron chi connectivity index (χ3n) is 5.53. The standard InChI is InChI=1S/C29H19NO2/c1-3-9-20(10-4-1)24-17-23(18-25(30-24)21-11-5-2-6-12-21)22-15-16-28-29(19-22)32-27-14-8-7-13-26(27)31-28/h1-19H. The second-order valence-corrected chi connectivity index (χ2v) is 7.67. The summed E-state index contributed by atoms with van der Waals surface area (Å²) in [6.07, 6.45) is 0. The van der Waals surface area contributed by atoms with Crippen LogP contribution in [0.25, 0.3) is 33.6 Å². The van der Waals surface area contributed by atoms with Crippen LogP contribution in [-0.4, -0.2) is 4.98 Å². The van der Waals surface area contributed by atoms with Crippen LogP contribution < -0.4 is 9.47 Å². The molecule has 3 heteroatoms. The Hall–Kier alpha value is -4.37. The number of aromatic nitrogens is 1. The van der Waals surface area contributed by atoms with Gasteiger partial charge in [-0.25, -0.2) is 4.98 Å². The fraction of sp³-hybridized carbons (Fsp3) is 0. The van der Waals surface area contributed by atoms with Crippen molar-refractivity contribution >= 4 is 0 Å². The molecule has 32 heavy (non-hydrogen) atoms. The third-order valence-corrected chi connectivity index (χ3v) is 5.53. The van der Waals surface area contributed by atoms with E-state index in [4.69, 9.17) is 14.5 Å². The van der Waals surface area contributed by atoms with Crippen molar-refractivity contribution in [3.05, 3.63) is 115 Å². The summed E-state index contributed by atoms with van der Waals surface area (Å²) in [6.45, 7) is 0. The topological polar surface area (TPSA) is 31.4 Å². The highest BCUT2D eigenvalue weighted by Gasteiger charge is 2.19. The molecule has 0 unspecified atom stereocenters. The van der Waals surface area contributed by atoms with E-state index in [-0.39, 0.29) is 0 Å². The zero-order chi connectivity index (χ0) is 21.3. The van der Waals surface area contributed by atoms with Gasteiger partial charge in [0.25, 0.3) is 0 Å². The highest BCUT2D eigenvalue weighted by Crippen LogP contribution is 2.46. The monoisotopic (exact) mass is 413 g/mol. The number of hydrogen-bond donors (Lipinski definition) is 0. The molecule has 4 aromatic carbocycles. The van der Waals surface area contributed by atoms with Gasteiger partial charge in [0.2, 0.25) is 0 Å². The van der Waals surface area contributed by atoms with E-state index in [0.29, 0.717) is 11.5 Å². The summed E-state index contributed by atoms with van der Waals surface area (Å²) in [5.41, 5.74) is 6.15. The van der Waals surface area contributed by atoms with E-state index in [9.17, 15) is 0 Å². The number of fused-ring (bicyclic) bond motifs is 2. The molecule has 0 bridgehead atoms. The Morgan fingerprint density at radius 3 is 1.47 bits per heavy atom. The van der Waals surface area contributed by atoms with Crippen LogP contribution in [0.1, 0.15) is 0 Å². The Balaban J connectivity index is 1.47.